The highest BCUT2D eigenvalue weighted by Gasteiger charge is 2.16. The molecular weight excluding hydrogens is 252 g/mol. The van der Waals surface area contributed by atoms with Crippen molar-refractivity contribution < 1.29 is 19.4 Å². The number of nitrogens with one attached hydrogen (secondary N) is 2. The van der Waals surface area contributed by atoms with Crippen molar-refractivity contribution >= 4 is 17.7 Å². The van der Waals surface area contributed by atoms with Crippen molar-refractivity contribution in [1.29, 1.82) is 0 Å². The van der Waals surface area contributed by atoms with Crippen LogP contribution in [-0.4, -0.2) is 46.6 Å². The molecule has 1 saturated heterocycles. The van der Waals surface area contributed by atoms with Gasteiger partial charge in [0, 0.05) is 25.3 Å². The van der Waals surface area contributed by atoms with E-state index in [9.17, 15) is 9.59 Å². The second-order valence-electron chi connectivity index (χ2n) is 4.38. The Balaban J connectivity index is 1.74. The van der Waals surface area contributed by atoms with Crippen molar-refractivity contribution in [3.05, 3.63) is 12.4 Å². The molecule has 1 fully saturated rings. The summed E-state index contributed by atoms with van der Waals surface area (Å²) in [6.07, 6.45) is 3.82. The van der Waals surface area contributed by atoms with Gasteiger partial charge in [0.05, 0.1) is 18.5 Å². The fraction of sp³-hybridized carbons (Fsp3) is 0.545. The van der Waals surface area contributed by atoms with E-state index in [0.29, 0.717) is 24.8 Å². The molecule has 1 aliphatic rings. The predicted octanol–water partition coefficient (Wildman–Crippen LogP) is 0.126. The maximum Gasteiger partial charge on any atom is 0.325 e. The highest BCUT2D eigenvalue weighted by molar-refractivity contribution is 5.88. The molecule has 1 unspecified atom stereocenters. The summed E-state index contributed by atoms with van der Waals surface area (Å²) in [6, 6.07) is -0.332. The van der Waals surface area contributed by atoms with Crippen molar-refractivity contribution in [2.75, 3.05) is 25.1 Å². The predicted molar refractivity (Wildman–Crippen MR) is 65.8 cm³/mol. The number of carbonyl (C=O) groups excluding carboxylic acids is 1. The molecule has 2 rings (SSSR count). The molecule has 8 heteroatoms. The smallest absolute Gasteiger partial charge is 0.325 e. The summed E-state index contributed by atoms with van der Waals surface area (Å²) in [5.74, 6) is -0.624. The van der Waals surface area contributed by atoms with Crippen molar-refractivity contribution in [2.45, 2.75) is 13.0 Å². The zero-order valence-corrected chi connectivity index (χ0v) is 10.3. The Morgan fingerprint density at radius 2 is 2.42 bits per heavy atom. The molecule has 3 N–H and O–H groups in total. The first kappa shape index (κ1) is 13.3. The summed E-state index contributed by atoms with van der Waals surface area (Å²) in [7, 11) is 0. The van der Waals surface area contributed by atoms with Gasteiger partial charge in [0.1, 0.15) is 6.54 Å². The normalized spacial score (nSPS) is 18.2. The van der Waals surface area contributed by atoms with Gasteiger partial charge in [-0.3, -0.25) is 9.48 Å². The minimum absolute atomic E-state index is 0.233. The van der Waals surface area contributed by atoms with Crippen LogP contribution >= 0.6 is 0 Å². The summed E-state index contributed by atoms with van der Waals surface area (Å²) < 4.78 is 6.45. The molecular formula is C11H16N4O4. The van der Waals surface area contributed by atoms with E-state index in [0.717, 1.165) is 13.0 Å². The van der Waals surface area contributed by atoms with Gasteiger partial charge in [-0.15, -0.1) is 0 Å². The van der Waals surface area contributed by atoms with Crippen LogP contribution in [-0.2, 0) is 16.1 Å². The minimum Gasteiger partial charge on any atom is -0.480 e. The Morgan fingerprint density at radius 1 is 1.58 bits per heavy atom. The average molecular weight is 268 g/mol. The van der Waals surface area contributed by atoms with Crippen molar-refractivity contribution in [3.63, 3.8) is 0 Å². The van der Waals surface area contributed by atoms with Gasteiger partial charge in [0.25, 0.3) is 0 Å². The van der Waals surface area contributed by atoms with Crippen LogP contribution < -0.4 is 10.6 Å². The molecule has 0 aromatic carbocycles. The third-order valence-corrected chi connectivity index (χ3v) is 2.76. The van der Waals surface area contributed by atoms with E-state index in [1.807, 2.05) is 0 Å². The standard InChI is InChI=1S/C11H16N4O4/c16-10(17)6-15-5-9(4-13-15)14-11(18)12-3-8-1-2-19-7-8/h4-5,8H,1-3,6-7H2,(H,16,17)(H2,12,14,18). The van der Waals surface area contributed by atoms with Crippen LogP contribution in [0.1, 0.15) is 6.42 Å². The maximum atomic E-state index is 11.6. The van der Waals surface area contributed by atoms with E-state index in [1.54, 1.807) is 0 Å². The zero-order valence-electron chi connectivity index (χ0n) is 10.3. The van der Waals surface area contributed by atoms with Gasteiger partial charge in [-0.2, -0.15) is 5.10 Å². The molecule has 104 valence electrons. The fourth-order valence-electron chi connectivity index (χ4n) is 1.81. The molecule has 0 bridgehead atoms. The fourth-order valence-corrected chi connectivity index (χ4v) is 1.81. The van der Waals surface area contributed by atoms with E-state index < -0.39 is 5.97 Å². The number of nitrogens with zero attached hydrogens (tertiary/aromatic N) is 2. The van der Waals surface area contributed by atoms with Crippen LogP contribution in [0.5, 0.6) is 0 Å². The van der Waals surface area contributed by atoms with Gasteiger partial charge in [-0.1, -0.05) is 0 Å². The summed E-state index contributed by atoms with van der Waals surface area (Å²) in [6.45, 7) is 1.75. The number of ether oxygens (including phenoxy) is 1. The first-order valence-electron chi connectivity index (χ1n) is 6.00. The summed E-state index contributed by atoms with van der Waals surface area (Å²) >= 11 is 0. The number of aliphatic carboxylic acids is 1. The molecule has 0 spiro atoms. The van der Waals surface area contributed by atoms with Gasteiger partial charge in [-0.05, 0) is 6.42 Å². The van der Waals surface area contributed by atoms with Crippen molar-refractivity contribution in [1.82, 2.24) is 15.1 Å². The van der Waals surface area contributed by atoms with Gasteiger partial charge < -0.3 is 20.5 Å². The number of carboxylic acids is 1. The summed E-state index contributed by atoms with van der Waals surface area (Å²) in [4.78, 5) is 22.1. The van der Waals surface area contributed by atoms with Gasteiger partial charge in [-0.25, -0.2) is 4.79 Å². The number of anilines is 1. The molecule has 1 aromatic heterocycles. The lowest BCUT2D eigenvalue weighted by Gasteiger charge is -2.09. The Kier molecular flexibility index (Phi) is 4.35. The average Bonchev–Trinajstić information content (AvgIpc) is 2.97. The number of hydrogen-bond acceptors (Lipinski definition) is 4. The molecule has 19 heavy (non-hydrogen) atoms. The number of carboxylic acid groups (broad SMARTS) is 1. The van der Waals surface area contributed by atoms with Crippen molar-refractivity contribution in [3.8, 4) is 0 Å². The number of urea groups is 1. The first-order valence-corrected chi connectivity index (χ1v) is 6.00. The van der Waals surface area contributed by atoms with Crippen LogP contribution in [0.25, 0.3) is 0 Å². The monoisotopic (exact) mass is 268 g/mol. The SMILES string of the molecule is O=C(O)Cn1cc(NC(=O)NCC2CCOC2)cn1. The zero-order chi connectivity index (χ0) is 13.7. The topological polar surface area (TPSA) is 105 Å². The molecule has 0 saturated carbocycles. The molecule has 1 atom stereocenters. The van der Waals surface area contributed by atoms with Crippen LogP contribution in [0.15, 0.2) is 12.4 Å². The molecule has 8 nitrogen and oxygen atoms in total. The van der Waals surface area contributed by atoms with Gasteiger partial charge in [0.15, 0.2) is 0 Å². The van der Waals surface area contributed by atoms with Crippen LogP contribution in [0, 0.1) is 5.92 Å². The van der Waals surface area contributed by atoms with Gasteiger partial charge in [0.2, 0.25) is 0 Å². The van der Waals surface area contributed by atoms with E-state index in [2.05, 4.69) is 15.7 Å². The van der Waals surface area contributed by atoms with Crippen LogP contribution in [0.2, 0.25) is 0 Å². The minimum atomic E-state index is -0.986. The number of aromatic nitrogens is 2. The first-order chi connectivity index (χ1) is 9.13. The summed E-state index contributed by atoms with van der Waals surface area (Å²) in [5, 5.41) is 17.7. The Morgan fingerprint density at radius 3 is 3.11 bits per heavy atom. The lowest BCUT2D eigenvalue weighted by molar-refractivity contribution is -0.137. The third kappa shape index (κ3) is 4.25. The second kappa shape index (κ2) is 6.19. The number of rotatable bonds is 5. The Bertz CT molecular complexity index is 453. The summed E-state index contributed by atoms with van der Waals surface area (Å²) in [5.41, 5.74) is 0.460. The molecule has 0 aliphatic carbocycles. The van der Waals surface area contributed by atoms with E-state index in [-0.39, 0.29) is 12.6 Å². The number of carbonyl (C=O) groups is 2. The van der Waals surface area contributed by atoms with Crippen LogP contribution in [0.4, 0.5) is 10.5 Å². The van der Waals surface area contributed by atoms with E-state index in [1.165, 1.54) is 17.1 Å². The molecule has 2 heterocycles. The van der Waals surface area contributed by atoms with Crippen LogP contribution in [0.3, 0.4) is 0 Å². The lowest BCUT2D eigenvalue weighted by Crippen LogP contribution is -2.33. The van der Waals surface area contributed by atoms with Gasteiger partial charge >= 0.3 is 12.0 Å². The largest absolute Gasteiger partial charge is 0.480 e. The van der Waals surface area contributed by atoms with E-state index in [4.69, 9.17) is 9.84 Å². The Labute approximate surface area is 109 Å². The number of hydrogen-bond donors (Lipinski definition) is 3. The highest BCUT2D eigenvalue weighted by atomic mass is 16.5. The third-order valence-electron chi connectivity index (χ3n) is 2.76. The Hall–Kier alpha value is -2.09. The highest BCUT2D eigenvalue weighted by Crippen LogP contribution is 2.10. The molecule has 1 aliphatic heterocycles. The van der Waals surface area contributed by atoms with E-state index >= 15 is 0 Å². The quantitative estimate of drug-likeness (QED) is 0.703. The molecule has 2 amide bonds. The maximum absolute atomic E-state index is 11.6. The second-order valence-corrected chi connectivity index (χ2v) is 4.38. The molecule has 1 aromatic rings. The van der Waals surface area contributed by atoms with Crippen molar-refractivity contribution in [2.24, 2.45) is 5.92 Å². The number of amides is 2. The molecule has 0 radical (unpaired) electrons. The lowest BCUT2D eigenvalue weighted by atomic mass is 10.1.